The molecule has 1 aromatic heterocycles. The Morgan fingerprint density at radius 1 is 1.00 bits per heavy atom. The second-order valence-corrected chi connectivity index (χ2v) is 4.06. The molecule has 94 valence electrons. The number of hydrogen-bond donors (Lipinski definition) is 3. The average Bonchev–Trinajstić information content (AvgIpc) is 2.90. The average molecular weight is 252 g/mol. The lowest BCUT2D eigenvalue weighted by Gasteiger charge is -2.06. The number of nitrogens with one attached hydrogen (secondary N) is 3. The lowest BCUT2D eigenvalue weighted by Crippen LogP contribution is -2.29. The standard InChI is InChI=1S/C14H12N4O/c19-14(18-15-10-6-2-1-3-7-10)13-11-8-4-5-9-12(11)16-17-13/h1-9,15H,(H,16,17)(H,18,19). The lowest BCUT2D eigenvalue weighted by atomic mass is 10.2. The van der Waals surface area contributed by atoms with E-state index in [1.165, 1.54) is 0 Å². The number of anilines is 1. The van der Waals surface area contributed by atoms with Crippen LogP contribution < -0.4 is 10.9 Å². The molecular weight excluding hydrogens is 240 g/mol. The minimum absolute atomic E-state index is 0.277. The number of hydrazine groups is 1. The van der Waals surface area contributed by atoms with Crippen molar-refractivity contribution in [2.45, 2.75) is 0 Å². The van der Waals surface area contributed by atoms with Gasteiger partial charge in [-0.25, -0.2) is 0 Å². The Balaban J connectivity index is 1.77. The number of aromatic nitrogens is 2. The van der Waals surface area contributed by atoms with Crippen molar-refractivity contribution in [3.8, 4) is 0 Å². The van der Waals surface area contributed by atoms with Crippen LogP contribution in [-0.4, -0.2) is 16.1 Å². The summed E-state index contributed by atoms with van der Waals surface area (Å²) in [5.74, 6) is -0.277. The summed E-state index contributed by atoms with van der Waals surface area (Å²) in [5.41, 5.74) is 7.50. The Kier molecular flexibility index (Phi) is 2.86. The highest BCUT2D eigenvalue weighted by Gasteiger charge is 2.12. The number of carbonyl (C=O) groups is 1. The quantitative estimate of drug-likeness (QED) is 0.626. The van der Waals surface area contributed by atoms with Crippen LogP contribution in [0.3, 0.4) is 0 Å². The maximum atomic E-state index is 12.0. The SMILES string of the molecule is O=C(NNc1ccccc1)c1n[nH]c2ccccc12. The summed E-state index contributed by atoms with van der Waals surface area (Å²) in [5, 5.41) is 7.66. The Labute approximate surface area is 109 Å². The number of hydrogen-bond acceptors (Lipinski definition) is 3. The molecule has 19 heavy (non-hydrogen) atoms. The van der Waals surface area contributed by atoms with Gasteiger partial charge in [-0.15, -0.1) is 0 Å². The fourth-order valence-electron chi connectivity index (χ4n) is 1.85. The van der Waals surface area contributed by atoms with E-state index in [-0.39, 0.29) is 5.91 Å². The second-order valence-electron chi connectivity index (χ2n) is 4.06. The van der Waals surface area contributed by atoms with Gasteiger partial charge in [0.05, 0.1) is 11.2 Å². The summed E-state index contributed by atoms with van der Waals surface area (Å²) < 4.78 is 0. The molecule has 0 saturated heterocycles. The monoisotopic (exact) mass is 252 g/mol. The van der Waals surface area contributed by atoms with E-state index in [2.05, 4.69) is 21.0 Å². The van der Waals surface area contributed by atoms with Crippen LogP contribution in [-0.2, 0) is 0 Å². The molecule has 0 atom stereocenters. The van der Waals surface area contributed by atoms with Gasteiger partial charge in [0.2, 0.25) is 0 Å². The van der Waals surface area contributed by atoms with Gasteiger partial charge in [-0.1, -0.05) is 36.4 Å². The fraction of sp³-hybridized carbons (Fsp3) is 0. The number of benzene rings is 2. The predicted octanol–water partition coefficient (Wildman–Crippen LogP) is 2.32. The molecule has 2 aromatic carbocycles. The van der Waals surface area contributed by atoms with Crippen molar-refractivity contribution in [2.24, 2.45) is 0 Å². The highest BCUT2D eigenvalue weighted by molar-refractivity contribution is 6.04. The zero-order valence-corrected chi connectivity index (χ0v) is 10.1. The van der Waals surface area contributed by atoms with E-state index in [0.717, 1.165) is 16.6 Å². The molecule has 0 aliphatic carbocycles. The molecule has 0 unspecified atom stereocenters. The first kappa shape index (κ1) is 11.3. The number of aromatic amines is 1. The Bertz CT molecular complexity index is 706. The predicted molar refractivity (Wildman–Crippen MR) is 73.6 cm³/mol. The van der Waals surface area contributed by atoms with Crippen LogP contribution in [0.5, 0.6) is 0 Å². The molecular formula is C14H12N4O. The van der Waals surface area contributed by atoms with Gasteiger partial charge in [-0.05, 0) is 18.2 Å². The smallest absolute Gasteiger partial charge is 0.290 e. The Hall–Kier alpha value is -2.82. The first-order valence-corrected chi connectivity index (χ1v) is 5.89. The molecule has 3 rings (SSSR count). The van der Waals surface area contributed by atoms with Crippen molar-refractivity contribution in [3.63, 3.8) is 0 Å². The number of para-hydroxylation sites is 2. The van der Waals surface area contributed by atoms with Crippen molar-refractivity contribution >= 4 is 22.5 Å². The number of rotatable bonds is 3. The zero-order valence-electron chi connectivity index (χ0n) is 10.1. The van der Waals surface area contributed by atoms with Crippen molar-refractivity contribution in [1.82, 2.24) is 15.6 Å². The van der Waals surface area contributed by atoms with Gasteiger partial charge in [-0.3, -0.25) is 20.7 Å². The summed E-state index contributed by atoms with van der Waals surface area (Å²) in [6.45, 7) is 0. The highest BCUT2D eigenvalue weighted by Crippen LogP contribution is 2.14. The van der Waals surface area contributed by atoms with E-state index in [1.807, 2.05) is 54.6 Å². The number of nitrogens with zero attached hydrogens (tertiary/aromatic N) is 1. The van der Waals surface area contributed by atoms with Crippen molar-refractivity contribution in [1.29, 1.82) is 0 Å². The third kappa shape index (κ3) is 2.26. The van der Waals surface area contributed by atoms with E-state index in [0.29, 0.717) is 5.69 Å². The van der Waals surface area contributed by atoms with Crippen LogP contribution in [0.1, 0.15) is 10.5 Å². The molecule has 0 bridgehead atoms. The molecule has 1 amide bonds. The van der Waals surface area contributed by atoms with Crippen molar-refractivity contribution in [2.75, 3.05) is 5.43 Å². The summed E-state index contributed by atoms with van der Waals surface area (Å²) >= 11 is 0. The van der Waals surface area contributed by atoms with Gasteiger partial charge < -0.3 is 0 Å². The third-order valence-corrected chi connectivity index (χ3v) is 2.78. The second kappa shape index (κ2) is 4.81. The maximum Gasteiger partial charge on any atom is 0.290 e. The van der Waals surface area contributed by atoms with E-state index in [1.54, 1.807) is 0 Å². The topological polar surface area (TPSA) is 69.8 Å². The van der Waals surface area contributed by atoms with E-state index >= 15 is 0 Å². The van der Waals surface area contributed by atoms with Gasteiger partial charge in [0.1, 0.15) is 0 Å². The number of amides is 1. The highest BCUT2D eigenvalue weighted by atomic mass is 16.2. The maximum absolute atomic E-state index is 12.0. The minimum atomic E-state index is -0.277. The molecule has 0 spiro atoms. The first-order chi connectivity index (χ1) is 9.34. The normalized spacial score (nSPS) is 10.3. The molecule has 0 aliphatic rings. The van der Waals surface area contributed by atoms with E-state index in [9.17, 15) is 4.79 Å². The van der Waals surface area contributed by atoms with Crippen LogP contribution in [0.15, 0.2) is 54.6 Å². The van der Waals surface area contributed by atoms with Gasteiger partial charge in [0.15, 0.2) is 5.69 Å². The number of carbonyl (C=O) groups excluding carboxylic acids is 1. The molecule has 0 saturated carbocycles. The van der Waals surface area contributed by atoms with Gasteiger partial charge in [-0.2, -0.15) is 5.10 Å². The molecule has 5 heteroatoms. The fourth-order valence-corrected chi connectivity index (χ4v) is 1.85. The van der Waals surface area contributed by atoms with Crippen LogP contribution in [0.4, 0.5) is 5.69 Å². The summed E-state index contributed by atoms with van der Waals surface area (Å²) in [7, 11) is 0. The number of H-pyrrole nitrogens is 1. The van der Waals surface area contributed by atoms with Crippen LogP contribution >= 0.6 is 0 Å². The van der Waals surface area contributed by atoms with Crippen molar-refractivity contribution < 1.29 is 4.79 Å². The van der Waals surface area contributed by atoms with Crippen molar-refractivity contribution in [3.05, 3.63) is 60.3 Å². The van der Waals surface area contributed by atoms with E-state index in [4.69, 9.17) is 0 Å². The zero-order chi connectivity index (χ0) is 13.1. The van der Waals surface area contributed by atoms with Crippen LogP contribution in [0.2, 0.25) is 0 Å². The summed E-state index contributed by atoms with van der Waals surface area (Å²) in [6, 6.07) is 16.9. The van der Waals surface area contributed by atoms with Crippen LogP contribution in [0.25, 0.3) is 10.9 Å². The molecule has 0 fully saturated rings. The molecule has 3 N–H and O–H groups in total. The lowest BCUT2D eigenvalue weighted by molar-refractivity contribution is 0.0959. The molecule has 0 aliphatic heterocycles. The summed E-state index contributed by atoms with van der Waals surface area (Å²) in [6.07, 6.45) is 0. The molecule has 0 radical (unpaired) electrons. The first-order valence-electron chi connectivity index (χ1n) is 5.89. The van der Waals surface area contributed by atoms with E-state index < -0.39 is 0 Å². The Morgan fingerprint density at radius 3 is 2.58 bits per heavy atom. The molecule has 1 heterocycles. The Morgan fingerprint density at radius 2 is 1.74 bits per heavy atom. The molecule has 3 aromatic rings. The van der Waals surface area contributed by atoms with Gasteiger partial charge in [0.25, 0.3) is 5.91 Å². The largest absolute Gasteiger partial charge is 0.298 e. The minimum Gasteiger partial charge on any atom is -0.298 e. The molecule has 5 nitrogen and oxygen atoms in total. The van der Waals surface area contributed by atoms with Crippen LogP contribution in [0, 0.1) is 0 Å². The number of fused-ring (bicyclic) bond motifs is 1. The van der Waals surface area contributed by atoms with Gasteiger partial charge in [0, 0.05) is 5.39 Å². The van der Waals surface area contributed by atoms with Gasteiger partial charge >= 0.3 is 0 Å². The summed E-state index contributed by atoms with van der Waals surface area (Å²) in [4.78, 5) is 12.0. The third-order valence-electron chi connectivity index (χ3n) is 2.78.